The summed E-state index contributed by atoms with van der Waals surface area (Å²) >= 11 is 0. The van der Waals surface area contributed by atoms with Gasteiger partial charge in [0.05, 0.1) is 5.92 Å². The molecule has 0 unspecified atom stereocenters. The van der Waals surface area contributed by atoms with Gasteiger partial charge in [-0.15, -0.1) is 0 Å². The Hall–Kier alpha value is -1.10. The zero-order valence-electron chi connectivity index (χ0n) is 15.6. The first-order valence-electron chi connectivity index (χ1n) is 9.95. The molecule has 1 atom stereocenters. The Balaban J connectivity index is 1.66. The Kier molecular flexibility index (Phi) is 8.03. The van der Waals surface area contributed by atoms with Gasteiger partial charge in [-0.2, -0.15) is 0 Å². The molecule has 5 heteroatoms. The van der Waals surface area contributed by atoms with E-state index in [0.717, 1.165) is 45.4 Å². The largest absolute Gasteiger partial charge is 0.356 e. The molecule has 2 aliphatic rings. The highest BCUT2D eigenvalue weighted by Gasteiger charge is 2.38. The molecule has 1 saturated carbocycles. The van der Waals surface area contributed by atoms with Crippen LogP contribution in [0.1, 0.15) is 65.2 Å². The van der Waals surface area contributed by atoms with Gasteiger partial charge in [0, 0.05) is 25.6 Å². The molecule has 24 heavy (non-hydrogen) atoms. The van der Waals surface area contributed by atoms with Crippen LogP contribution in [-0.4, -0.2) is 60.4 Å². The minimum atomic E-state index is -0.138. The smallest absolute Gasteiger partial charge is 0.225 e. The minimum absolute atomic E-state index is 0.0707. The number of hydrogen-bond donors (Lipinski definition) is 1. The summed E-state index contributed by atoms with van der Waals surface area (Å²) in [5.74, 6) is 0.112. The van der Waals surface area contributed by atoms with Crippen LogP contribution >= 0.6 is 0 Å². The van der Waals surface area contributed by atoms with Crippen LogP contribution in [0.3, 0.4) is 0 Å². The third kappa shape index (κ3) is 5.47. The summed E-state index contributed by atoms with van der Waals surface area (Å²) < 4.78 is 0. The van der Waals surface area contributed by atoms with E-state index in [1.807, 2.05) is 4.90 Å². The van der Waals surface area contributed by atoms with Gasteiger partial charge in [0.25, 0.3) is 0 Å². The average Bonchev–Trinajstić information content (AvgIpc) is 3.20. The molecule has 2 fully saturated rings. The van der Waals surface area contributed by atoms with E-state index < -0.39 is 0 Å². The number of nitrogens with one attached hydrogen (secondary N) is 1. The first-order chi connectivity index (χ1) is 11.7. The Morgan fingerprint density at radius 1 is 1.17 bits per heavy atom. The Labute approximate surface area is 147 Å². The number of carbonyl (C=O) groups is 2. The van der Waals surface area contributed by atoms with Crippen molar-refractivity contribution in [1.29, 1.82) is 0 Å². The Bertz CT molecular complexity index is 401. The van der Waals surface area contributed by atoms with Crippen molar-refractivity contribution in [3.63, 3.8) is 0 Å². The van der Waals surface area contributed by atoms with Crippen LogP contribution in [0.25, 0.3) is 0 Å². The summed E-state index contributed by atoms with van der Waals surface area (Å²) in [7, 11) is 0. The number of rotatable bonds is 10. The van der Waals surface area contributed by atoms with Crippen molar-refractivity contribution in [2.24, 2.45) is 5.92 Å². The zero-order valence-corrected chi connectivity index (χ0v) is 15.6. The third-order valence-corrected chi connectivity index (χ3v) is 5.32. The number of likely N-dealkylation sites (tertiary alicyclic amines) is 1. The van der Waals surface area contributed by atoms with Crippen LogP contribution in [0.2, 0.25) is 0 Å². The van der Waals surface area contributed by atoms with Gasteiger partial charge >= 0.3 is 0 Å². The van der Waals surface area contributed by atoms with Crippen LogP contribution < -0.4 is 5.32 Å². The lowest BCUT2D eigenvalue weighted by atomic mass is 10.1. The van der Waals surface area contributed by atoms with Crippen molar-refractivity contribution in [2.45, 2.75) is 71.3 Å². The van der Waals surface area contributed by atoms with Gasteiger partial charge in [-0.3, -0.25) is 9.59 Å². The predicted molar refractivity (Wildman–Crippen MR) is 96.7 cm³/mol. The average molecular weight is 338 g/mol. The molecule has 0 aromatic heterocycles. The van der Waals surface area contributed by atoms with Crippen LogP contribution in [0.5, 0.6) is 0 Å². The maximum absolute atomic E-state index is 12.3. The lowest BCUT2D eigenvalue weighted by Crippen LogP contribution is -2.37. The summed E-state index contributed by atoms with van der Waals surface area (Å²) in [5, 5.41) is 3.05. The molecule has 0 bridgehead atoms. The summed E-state index contributed by atoms with van der Waals surface area (Å²) in [4.78, 5) is 29.0. The highest BCUT2D eigenvalue weighted by Crippen LogP contribution is 2.29. The third-order valence-electron chi connectivity index (χ3n) is 5.32. The van der Waals surface area contributed by atoms with Crippen molar-refractivity contribution < 1.29 is 9.59 Å². The molecule has 0 spiro atoms. The quantitative estimate of drug-likeness (QED) is 0.623. The monoisotopic (exact) mass is 337 g/mol. The van der Waals surface area contributed by atoms with E-state index in [-0.39, 0.29) is 17.7 Å². The van der Waals surface area contributed by atoms with E-state index in [2.05, 4.69) is 24.1 Å². The van der Waals surface area contributed by atoms with Gasteiger partial charge < -0.3 is 15.1 Å². The van der Waals surface area contributed by atoms with Gasteiger partial charge in [0.1, 0.15) is 0 Å². The van der Waals surface area contributed by atoms with Gasteiger partial charge in [-0.1, -0.05) is 26.7 Å². The van der Waals surface area contributed by atoms with Crippen LogP contribution in [0.15, 0.2) is 0 Å². The second-order valence-corrected chi connectivity index (χ2v) is 7.37. The molecular formula is C19H35N3O2. The van der Waals surface area contributed by atoms with Gasteiger partial charge in [0.15, 0.2) is 0 Å². The molecule has 1 N–H and O–H groups in total. The number of amides is 2. The Morgan fingerprint density at radius 2 is 1.83 bits per heavy atom. The Morgan fingerprint density at radius 3 is 2.46 bits per heavy atom. The normalized spacial score (nSPS) is 21.9. The topological polar surface area (TPSA) is 52.7 Å². The van der Waals surface area contributed by atoms with E-state index in [1.165, 1.54) is 25.7 Å². The van der Waals surface area contributed by atoms with Crippen molar-refractivity contribution >= 4 is 11.8 Å². The maximum atomic E-state index is 12.3. The van der Waals surface area contributed by atoms with E-state index in [9.17, 15) is 9.59 Å². The number of carbonyl (C=O) groups excluding carboxylic acids is 2. The number of nitrogens with zero attached hydrogens (tertiary/aromatic N) is 2. The highest BCUT2D eigenvalue weighted by molar-refractivity contribution is 5.89. The lowest BCUT2D eigenvalue weighted by molar-refractivity contribution is -0.130. The fraction of sp³-hybridized carbons (Fsp3) is 0.895. The standard InChI is InChI=1S/C19H35N3O2/c1-3-11-21(12-4-2)13-7-10-20-19(24)16-14-18(23)22(15-16)17-8-5-6-9-17/h16-17H,3-15H2,1-2H3,(H,20,24)/t16-/m0/s1. The SMILES string of the molecule is CCCN(CCC)CCCNC(=O)[C@H]1CC(=O)N(C2CCCC2)C1. The van der Waals surface area contributed by atoms with Gasteiger partial charge in [0.2, 0.25) is 11.8 Å². The van der Waals surface area contributed by atoms with Crippen molar-refractivity contribution in [2.75, 3.05) is 32.7 Å². The molecule has 0 aromatic carbocycles. The molecular weight excluding hydrogens is 302 g/mol. The summed E-state index contributed by atoms with van der Waals surface area (Å²) in [6.45, 7) is 9.07. The van der Waals surface area contributed by atoms with E-state index >= 15 is 0 Å². The molecule has 2 amide bonds. The van der Waals surface area contributed by atoms with E-state index in [1.54, 1.807) is 0 Å². The molecule has 1 heterocycles. The fourth-order valence-electron chi connectivity index (χ4n) is 4.10. The van der Waals surface area contributed by atoms with Crippen LogP contribution in [0.4, 0.5) is 0 Å². The predicted octanol–water partition coefficient (Wildman–Crippen LogP) is 2.41. The number of hydrogen-bond acceptors (Lipinski definition) is 3. The second-order valence-electron chi connectivity index (χ2n) is 7.37. The van der Waals surface area contributed by atoms with Gasteiger partial charge in [-0.05, 0) is 51.7 Å². The second kappa shape index (κ2) is 10.0. The van der Waals surface area contributed by atoms with E-state index in [0.29, 0.717) is 19.0 Å². The molecule has 1 aliphatic carbocycles. The van der Waals surface area contributed by atoms with Crippen LogP contribution in [-0.2, 0) is 9.59 Å². The molecule has 1 aliphatic heterocycles. The summed E-state index contributed by atoms with van der Waals surface area (Å²) in [6, 6.07) is 0.395. The first kappa shape index (κ1) is 19.2. The zero-order chi connectivity index (χ0) is 17.4. The fourth-order valence-corrected chi connectivity index (χ4v) is 4.10. The molecule has 1 saturated heterocycles. The molecule has 0 aromatic rings. The van der Waals surface area contributed by atoms with Crippen molar-refractivity contribution in [3.05, 3.63) is 0 Å². The molecule has 2 rings (SSSR count). The van der Waals surface area contributed by atoms with Gasteiger partial charge in [-0.25, -0.2) is 0 Å². The lowest BCUT2D eigenvalue weighted by Gasteiger charge is -2.24. The molecule has 138 valence electrons. The molecule has 5 nitrogen and oxygen atoms in total. The molecule has 0 radical (unpaired) electrons. The maximum Gasteiger partial charge on any atom is 0.225 e. The van der Waals surface area contributed by atoms with E-state index in [4.69, 9.17) is 0 Å². The first-order valence-corrected chi connectivity index (χ1v) is 9.95. The minimum Gasteiger partial charge on any atom is -0.356 e. The van der Waals surface area contributed by atoms with Crippen LogP contribution in [0, 0.1) is 5.92 Å². The summed E-state index contributed by atoms with van der Waals surface area (Å²) in [5.41, 5.74) is 0. The highest BCUT2D eigenvalue weighted by atomic mass is 16.2. The van der Waals surface area contributed by atoms with Crippen molar-refractivity contribution in [3.8, 4) is 0 Å². The summed E-state index contributed by atoms with van der Waals surface area (Å²) in [6.07, 6.45) is 8.41. The van der Waals surface area contributed by atoms with Crippen molar-refractivity contribution in [1.82, 2.24) is 15.1 Å².